The number of nitrogens with one attached hydrogen (secondary N) is 1. The van der Waals surface area contributed by atoms with E-state index in [1.54, 1.807) is 6.92 Å². The summed E-state index contributed by atoms with van der Waals surface area (Å²) < 4.78 is 0. The number of rotatable bonds is 4. The third-order valence-electron chi connectivity index (χ3n) is 2.93. The van der Waals surface area contributed by atoms with Gasteiger partial charge in [-0.3, -0.25) is 4.79 Å². The highest BCUT2D eigenvalue weighted by Crippen LogP contribution is 2.19. The Bertz CT molecular complexity index is 216. The van der Waals surface area contributed by atoms with E-state index in [0.29, 0.717) is 0 Å². The normalized spacial score (nSPS) is 18.1. The van der Waals surface area contributed by atoms with E-state index >= 15 is 0 Å². The Hall–Kier alpha value is -0.570. The second kappa shape index (κ2) is 4.97. The predicted octanol–water partition coefficient (Wildman–Crippen LogP) is 2.05. The van der Waals surface area contributed by atoms with E-state index in [9.17, 15) is 4.79 Å². The Morgan fingerprint density at radius 2 is 1.80 bits per heavy atom. The van der Waals surface area contributed by atoms with Crippen molar-refractivity contribution in [3.63, 3.8) is 0 Å². The van der Waals surface area contributed by atoms with Crippen molar-refractivity contribution in [1.82, 2.24) is 5.32 Å². The first-order valence-electron chi connectivity index (χ1n) is 5.71. The lowest BCUT2D eigenvalue weighted by Crippen LogP contribution is -2.55. The molecule has 0 spiro atoms. The summed E-state index contributed by atoms with van der Waals surface area (Å²) in [7, 11) is 0. The van der Waals surface area contributed by atoms with Crippen molar-refractivity contribution >= 4 is 5.91 Å². The molecular weight excluding hydrogens is 188 g/mol. The van der Waals surface area contributed by atoms with Gasteiger partial charge in [0.05, 0.1) is 5.54 Å². The first kappa shape index (κ1) is 14.4. The van der Waals surface area contributed by atoms with Crippen LogP contribution in [0.3, 0.4) is 0 Å². The highest BCUT2D eigenvalue weighted by Gasteiger charge is 2.30. The van der Waals surface area contributed by atoms with Gasteiger partial charge in [-0.15, -0.1) is 0 Å². The third kappa shape index (κ3) is 4.65. The Labute approximate surface area is 93.8 Å². The number of hydrogen-bond donors (Lipinski definition) is 2. The highest BCUT2D eigenvalue weighted by atomic mass is 16.2. The number of carbonyl (C=O) groups excluding carboxylic acids is 1. The summed E-state index contributed by atoms with van der Waals surface area (Å²) in [4.78, 5) is 11.9. The summed E-state index contributed by atoms with van der Waals surface area (Å²) in [6.45, 7) is 12.1. The Kier molecular flexibility index (Phi) is 4.78. The van der Waals surface area contributed by atoms with E-state index in [1.165, 1.54) is 0 Å². The van der Waals surface area contributed by atoms with Gasteiger partial charge in [0, 0.05) is 6.04 Å². The fourth-order valence-electron chi connectivity index (χ4n) is 1.21. The topological polar surface area (TPSA) is 55.1 Å². The Morgan fingerprint density at radius 1 is 1.33 bits per heavy atom. The number of carbonyl (C=O) groups is 1. The summed E-state index contributed by atoms with van der Waals surface area (Å²) in [6.07, 6.45) is 1.64. The van der Waals surface area contributed by atoms with Crippen molar-refractivity contribution in [2.24, 2.45) is 11.1 Å². The Balaban J connectivity index is 4.37. The molecule has 15 heavy (non-hydrogen) atoms. The van der Waals surface area contributed by atoms with Crippen molar-refractivity contribution in [2.75, 3.05) is 0 Å². The van der Waals surface area contributed by atoms with Gasteiger partial charge < -0.3 is 11.1 Å². The van der Waals surface area contributed by atoms with Crippen LogP contribution in [0.25, 0.3) is 0 Å². The summed E-state index contributed by atoms with van der Waals surface area (Å²) in [5, 5.41) is 2.98. The molecule has 3 nitrogen and oxygen atoms in total. The van der Waals surface area contributed by atoms with E-state index in [1.807, 2.05) is 13.8 Å². The quantitative estimate of drug-likeness (QED) is 0.752. The standard InChI is InChI=1S/C12H26N2O/c1-7-8-12(6,13)10(15)14-9(2)11(3,4)5/h9H,7-8,13H2,1-6H3,(H,14,15). The van der Waals surface area contributed by atoms with Crippen LogP contribution in [0.5, 0.6) is 0 Å². The zero-order chi connectivity index (χ0) is 12.3. The molecule has 0 rings (SSSR count). The van der Waals surface area contributed by atoms with Crippen molar-refractivity contribution in [3.05, 3.63) is 0 Å². The van der Waals surface area contributed by atoms with Crippen molar-refractivity contribution in [3.8, 4) is 0 Å². The molecule has 2 unspecified atom stereocenters. The third-order valence-corrected chi connectivity index (χ3v) is 2.93. The molecule has 0 aromatic carbocycles. The minimum absolute atomic E-state index is 0.0493. The second-order valence-corrected chi connectivity index (χ2v) is 5.73. The lowest BCUT2D eigenvalue weighted by atomic mass is 9.87. The summed E-state index contributed by atoms with van der Waals surface area (Å²) >= 11 is 0. The van der Waals surface area contributed by atoms with Crippen LogP contribution < -0.4 is 11.1 Å². The fourth-order valence-corrected chi connectivity index (χ4v) is 1.21. The summed E-state index contributed by atoms with van der Waals surface area (Å²) in [6, 6.07) is 0.129. The first-order valence-corrected chi connectivity index (χ1v) is 5.71. The van der Waals surface area contributed by atoms with Gasteiger partial charge in [0.1, 0.15) is 0 Å². The molecule has 0 aromatic heterocycles. The van der Waals surface area contributed by atoms with Crippen molar-refractivity contribution in [2.45, 2.75) is 66.0 Å². The monoisotopic (exact) mass is 214 g/mol. The molecule has 0 aliphatic heterocycles. The molecular formula is C12H26N2O. The van der Waals surface area contributed by atoms with Crippen LogP contribution in [0, 0.1) is 5.41 Å². The van der Waals surface area contributed by atoms with Gasteiger partial charge >= 0.3 is 0 Å². The molecule has 0 saturated heterocycles. The van der Waals surface area contributed by atoms with E-state index in [-0.39, 0.29) is 17.4 Å². The average molecular weight is 214 g/mol. The first-order chi connectivity index (χ1) is 6.61. The molecule has 0 saturated carbocycles. The molecule has 0 aromatic rings. The smallest absolute Gasteiger partial charge is 0.240 e. The van der Waals surface area contributed by atoms with Gasteiger partial charge in [0.15, 0.2) is 0 Å². The maximum absolute atomic E-state index is 11.9. The average Bonchev–Trinajstić information content (AvgIpc) is 2.01. The van der Waals surface area contributed by atoms with Crippen molar-refractivity contribution in [1.29, 1.82) is 0 Å². The van der Waals surface area contributed by atoms with Crippen LogP contribution in [0.15, 0.2) is 0 Å². The molecule has 0 fully saturated rings. The van der Waals surface area contributed by atoms with Gasteiger partial charge in [-0.1, -0.05) is 34.1 Å². The molecule has 0 heterocycles. The zero-order valence-electron chi connectivity index (χ0n) is 11.0. The molecule has 0 radical (unpaired) electrons. The van der Waals surface area contributed by atoms with Gasteiger partial charge in [0.25, 0.3) is 0 Å². The summed E-state index contributed by atoms with van der Waals surface area (Å²) in [5.41, 5.74) is 5.28. The van der Waals surface area contributed by atoms with Gasteiger partial charge in [-0.2, -0.15) is 0 Å². The second-order valence-electron chi connectivity index (χ2n) is 5.73. The molecule has 3 N–H and O–H groups in total. The zero-order valence-corrected chi connectivity index (χ0v) is 11.0. The largest absolute Gasteiger partial charge is 0.352 e. The lowest BCUT2D eigenvalue weighted by molar-refractivity contribution is -0.127. The fraction of sp³-hybridized carbons (Fsp3) is 0.917. The van der Waals surface area contributed by atoms with E-state index in [2.05, 4.69) is 26.1 Å². The van der Waals surface area contributed by atoms with Crippen LogP contribution in [-0.2, 0) is 4.79 Å². The van der Waals surface area contributed by atoms with E-state index in [4.69, 9.17) is 5.73 Å². The number of amides is 1. The predicted molar refractivity (Wildman–Crippen MR) is 64.6 cm³/mol. The van der Waals surface area contributed by atoms with E-state index < -0.39 is 5.54 Å². The number of hydrogen-bond acceptors (Lipinski definition) is 2. The minimum atomic E-state index is -0.742. The van der Waals surface area contributed by atoms with E-state index in [0.717, 1.165) is 12.8 Å². The lowest BCUT2D eigenvalue weighted by Gasteiger charge is -2.32. The molecule has 0 aliphatic carbocycles. The molecule has 2 atom stereocenters. The van der Waals surface area contributed by atoms with Crippen LogP contribution in [0.1, 0.15) is 54.4 Å². The molecule has 0 aliphatic rings. The molecule has 90 valence electrons. The molecule has 1 amide bonds. The Morgan fingerprint density at radius 3 is 2.13 bits per heavy atom. The van der Waals surface area contributed by atoms with Gasteiger partial charge in [0.2, 0.25) is 5.91 Å². The van der Waals surface area contributed by atoms with Gasteiger partial charge in [-0.05, 0) is 25.7 Å². The summed E-state index contributed by atoms with van der Waals surface area (Å²) in [5.74, 6) is -0.0493. The maximum atomic E-state index is 11.9. The van der Waals surface area contributed by atoms with Crippen LogP contribution in [-0.4, -0.2) is 17.5 Å². The molecule has 0 bridgehead atoms. The van der Waals surface area contributed by atoms with Crippen molar-refractivity contribution < 1.29 is 4.79 Å². The van der Waals surface area contributed by atoms with Gasteiger partial charge in [-0.25, -0.2) is 0 Å². The molecule has 3 heteroatoms. The SMILES string of the molecule is CCCC(C)(N)C(=O)NC(C)C(C)(C)C. The van der Waals surface area contributed by atoms with Crippen LogP contribution in [0.2, 0.25) is 0 Å². The minimum Gasteiger partial charge on any atom is -0.352 e. The number of nitrogens with two attached hydrogens (primary N) is 1. The maximum Gasteiger partial charge on any atom is 0.240 e. The van der Waals surface area contributed by atoms with Crippen LogP contribution in [0.4, 0.5) is 0 Å². The highest BCUT2D eigenvalue weighted by molar-refractivity contribution is 5.85. The van der Waals surface area contributed by atoms with Crippen LogP contribution >= 0.6 is 0 Å².